The first-order chi connectivity index (χ1) is 15.8. The smallest absolute Gasteiger partial charge is 0.170 e. The number of hydrogen-bond acceptors (Lipinski definition) is 0. The van der Waals surface area contributed by atoms with Gasteiger partial charge < -0.3 is 0 Å². The number of benzene rings is 3. The minimum atomic E-state index is -1.41. The second-order valence-corrected chi connectivity index (χ2v) is 20.8. The summed E-state index contributed by atoms with van der Waals surface area (Å²) in [5, 5.41) is 0. The van der Waals surface area contributed by atoms with Gasteiger partial charge in [-0.05, 0) is 22.3 Å². The van der Waals surface area contributed by atoms with E-state index in [4.69, 9.17) is 0 Å². The highest BCUT2D eigenvalue weighted by Crippen LogP contribution is 2.37. The molecule has 0 heterocycles. The van der Waals surface area contributed by atoms with Crippen LogP contribution in [0.15, 0.2) is 59.9 Å². The highest BCUT2D eigenvalue weighted by atomic mass is 28.3. The van der Waals surface area contributed by atoms with Crippen molar-refractivity contribution in [3.05, 3.63) is 94.3 Å². The van der Waals surface area contributed by atoms with Gasteiger partial charge in [0.25, 0.3) is 0 Å². The molecule has 0 saturated carbocycles. The molecular formula is C28H30F4Si2. The molecule has 0 bridgehead atoms. The summed E-state index contributed by atoms with van der Waals surface area (Å²) in [5.74, 6) is -5.60. The van der Waals surface area contributed by atoms with Crippen LogP contribution in [0.4, 0.5) is 17.6 Å². The van der Waals surface area contributed by atoms with Crippen LogP contribution >= 0.6 is 0 Å². The lowest BCUT2D eigenvalue weighted by molar-refractivity contribution is 0.463. The lowest BCUT2D eigenvalue weighted by atomic mass is 9.96. The Labute approximate surface area is 201 Å². The van der Waals surface area contributed by atoms with Crippen molar-refractivity contribution in [2.24, 2.45) is 0 Å². The van der Waals surface area contributed by atoms with Crippen molar-refractivity contribution < 1.29 is 17.6 Å². The van der Waals surface area contributed by atoms with Gasteiger partial charge in [-0.15, -0.1) is 0 Å². The van der Waals surface area contributed by atoms with Gasteiger partial charge in [0.1, 0.15) is 0 Å². The summed E-state index contributed by atoms with van der Waals surface area (Å²) in [6.07, 6.45) is 3.91. The molecule has 0 fully saturated rings. The first-order valence-corrected chi connectivity index (χ1v) is 18.4. The Balaban J connectivity index is 1.99. The van der Waals surface area contributed by atoms with Gasteiger partial charge in [-0.3, -0.25) is 0 Å². The van der Waals surface area contributed by atoms with E-state index in [0.29, 0.717) is 0 Å². The van der Waals surface area contributed by atoms with Gasteiger partial charge >= 0.3 is 0 Å². The van der Waals surface area contributed by atoms with Gasteiger partial charge in [-0.2, -0.15) is 0 Å². The lowest BCUT2D eigenvalue weighted by Crippen LogP contribution is -2.15. The molecule has 0 radical (unpaired) electrons. The van der Waals surface area contributed by atoms with Crippen LogP contribution in [0.5, 0.6) is 0 Å². The first-order valence-electron chi connectivity index (χ1n) is 11.2. The van der Waals surface area contributed by atoms with E-state index in [-0.39, 0.29) is 11.1 Å². The Bertz CT molecular complexity index is 1100. The molecule has 0 nitrogen and oxygen atoms in total. The molecule has 3 aromatic rings. The van der Waals surface area contributed by atoms with Crippen molar-refractivity contribution in [1.82, 2.24) is 0 Å². The van der Waals surface area contributed by atoms with Gasteiger partial charge in [-0.25, -0.2) is 17.6 Å². The molecule has 6 heteroatoms. The molecule has 0 unspecified atom stereocenters. The van der Waals surface area contributed by atoms with Crippen molar-refractivity contribution in [2.45, 2.75) is 39.3 Å². The van der Waals surface area contributed by atoms with Gasteiger partial charge in [0.15, 0.2) is 23.3 Å². The third-order valence-electron chi connectivity index (χ3n) is 5.21. The van der Waals surface area contributed by atoms with E-state index in [2.05, 4.69) is 50.7 Å². The van der Waals surface area contributed by atoms with Crippen LogP contribution in [0.25, 0.3) is 34.4 Å². The standard InChI is InChI=1S/C28H30F4Si2/c1-33(2,3)17-15-19-7-11-21(12-8-19)23-25(29)27(31)24(28(32)26(23)30)22-13-9-20(10-14-22)16-18-34(4,5)6/h7-18H,1-6H3/b17-15+,18-16+. The van der Waals surface area contributed by atoms with Crippen LogP contribution in [0, 0.1) is 23.3 Å². The fraction of sp³-hybridized carbons (Fsp3) is 0.214. The van der Waals surface area contributed by atoms with E-state index in [1.165, 1.54) is 24.3 Å². The van der Waals surface area contributed by atoms with Gasteiger partial charge in [-0.1, -0.05) is 111 Å². The molecule has 0 aliphatic heterocycles. The normalized spacial score (nSPS) is 12.8. The Hall–Kier alpha value is -2.71. The maximum Gasteiger partial charge on any atom is 0.170 e. The summed E-state index contributed by atoms with van der Waals surface area (Å²) >= 11 is 0. The molecule has 0 spiro atoms. The summed E-state index contributed by atoms with van der Waals surface area (Å²) in [5.41, 5.74) is 4.75. The zero-order chi connectivity index (χ0) is 25.3. The Kier molecular flexibility index (Phi) is 7.53. The van der Waals surface area contributed by atoms with Crippen molar-refractivity contribution in [2.75, 3.05) is 0 Å². The highest BCUT2D eigenvalue weighted by molar-refractivity contribution is 6.81. The molecule has 3 aromatic carbocycles. The van der Waals surface area contributed by atoms with E-state index in [0.717, 1.165) is 11.1 Å². The van der Waals surface area contributed by atoms with Gasteiger partial charge in [0.2, 0.25) is 0 Å². The molecule has 0 atom stereocenters. The molecular weight excluding hydrogens is 468 g/mol. The number of rotatable bonds is 6. The Morgan fingerprint density at radius 1 is 0.471 bits per heavy atom. The molecule has 0 aliphatic carbocycles. The second-order valence-electron chi connectivity index (χ2n) is 10.6. The zero-order valence-corrected chi connectivity index (χ0v) is 22.4. The van der Waals surface area contributed by atoms with E-state index in [1.54, 1.807) is 24.3 Å². The largest absolute Gasteiger partial charge is 0.203 e. The summed E-state index contributed by atoms with van der Waals surface area (Å²) in [6.45, 7) is 13.1. The Morgan fingerprint density at radius 3 is 0.971 bits per heavy atom. The molecule has 178 valence electrons. The van der Waals surface area contributed by atoms with Gasteiger partial charge in [0.05, 0.1) is 27.3 Å². The maximum absolute atomic E-state index is 15.0. The van der Waals surface area contributed by atoms with Crippen LogP contribution in [-0.4, -0.2) is 16.1 Å². The third kappa shape index (κ3) is 6.24. The first kappa shape index (κ1) is 25.9. The summed E-state index contributed by atoms with van der Waals surface area (Å²) in [6, 6.07) is 12.6. The molecule has 0 saturated heterocycles. The molecule has 0 amide bonds. The highest BCUT2D eigenvalue weighted by Gasteiger charge is 2.27. The van der Waals surface area contributed by atoms with Gasteiger partial charge in [0, 0.05) is 0 Å². The van der Waals surface area contributed by atoms with Crippen LogP contribution in [-0.2, 0) is 0 Å². The van der Waals surface area contributed by atoms with Crippen molar-refractivity contribution in [3.63, 3.8) is 0 Å². The predicted octanol–water partition coefficient (Wildman–Crippen LogP) is 9.36. The second kappa shape index (κ2) is 9.88. The summed E-state index contributed by atoms with van der Waals surface area (Å²) in [4.78, 5) is 0. The third-order valence-corrected chi connectivity index (χ3v) is 7.55. The van der Waals surface area contributed by atoms with Crippen LogP contribution in [0.1, 0.15) is 11.1 Å². The molecule has 3 rings (SSSR count). The van der Waals surface area contributed by atoms with Crippen molar-refractivity contribution >= 4 is 28.3 Å². The molecule has 0 aromatic heterocycles. The number of hydrogen-bond donors (Lipinski definition) is 0. The average molecular weight is 499 g/mol. The average Bonchev–Trinajstić information content (AvgIpc) is 2.76. The number of halogens is 4. The predicted molar refractivity (Wildman–Crippen MR) is 142 cm³/mol. The van der Waals surface area contributed by atoms with E-state index < -0.39 is 50.5 Å². The van der Waals surface area contributed by atoms with Crippen LogP contribution < -0.4 is 0 Å². The molecule has 0 aliphatic rings. The maximum atomic E-state index is 15.0. The zero-order valence-electron chi connectivity index (χ0n) is 20.4. The SMILES string of the molecule is C[Si](C)(C)/C=C/c1ccc(-c2c(F)c(F)c(-c3ccc(/C=C/[Si](C)(C)C)cc3)c(F)c2F)cc1. The summed E-state index contributed by atoms with van der Waals surface area (Å²) in [7, 11) is -2.82. The minimum absolute atomic E-state index is 0.0799. The lowest BCUT2D eigenvalue weighted by Gasteiger charge is -2.13. The Morgan fingerprint density at radius 2 is 0.735 bits per heavy atom. The topological polar surface area (TPSA) is 0 Å². The van der Waals surface area contributed by atoms with E-state index >= 15 is 17.6 Å². The quantitative estimate of drug-likeness (QED) is 0.180. The van der Waals surface area contributed by atoms with E-state index in [9.17, 15) is 0 Å². The fourth-order valence-corrected chi connectivity index (χ4v) is 4.74. The van der Waals surface area contributed by atoms with Crippen LogP contribution in [0.2, 0.25) is 39.3 Å². The van der Waals surface area contributed by atoms with Crippen LogP contribution in [0.3, 0.4) is 0 Å². The fourth-order valence-electron chi connectivity index (χ4n) is 3.35. The van der Waals surface area contributed by atoms with Crippen molar-refractivity contribution in [3.8, 4) is 22.3 Å². The summed E-state index contributed by atoms with van der Waals surface area (Å²) < 4.78 is 60.1. The van der Waals surface area contributed by atoms with Crippen molar-refractivity contribution in [1.29, 1.82) is 0 Å². The minimum Gasteiger partial charge on any atom is -0.203 e. The molecule has 34 heavy (non-hydrogen) atoms. The molecule has 0 N–H and O–H groups in total. The monoisotopic (exact) mass is 498 g/mol. The van der Waals surface area contributed by atoms with E-state index in [1.807, 2.05) is 12.2 Å².